The number of esters is 1. The van der Waals surface area contributed by atoms with Crippen molar-refractivity contribution >= 4 is 11.8 Å². The molecule has 3 nitrogen and oxygen atoms in total. The number of carbonyl (C=O) groups excluding carboxylic acids is 2. The Labute approximate surface area is 201 Å². The fraction of sp³-hybridized carbons (Fsp3) is 0.800. The van der Waals surface area contributed by atoms with Crippen LogP contribution in [-0.4, -0.2) is 17.9 Å². The van der Waals surface area contributed by atoms with E-state index in [9.17, 15) is 9.59 Å². The van der Waals surface area contributed by atoms with Crippen molar-refractivity contribution in [3.63, 3.8) is 0 Å². The van der Waals surface area contributed by atoms with Crippen molar-refractivity contribution in [3.05, 3.63) is 23.3 Å². The number of Topliss-reactive ketones (excluding diaryl/α,β-unsaturated/α-hetero) is 1. The van der Waals surface area contributed by atoms with Crippen molar-refractivity contribution in [2.75, 3.05) is 0 Å². The monoisotopic (exact) mass is 454 g/mol. The molecule has 0 aromatic heterocycles. The maximum absolute atomic E-state index is 13.9. The molecule has 4 rings (SSSR count). The smallest absolute Gasteiger partial charge is 0.302 e. The molecule has 0 bridgehead atoms. The van der Waals surface area contributed by atoms with Crippen molar-refractivity contribution in [3.8, 4) is 0 Å². The lowest BCUT2D eigenvalue weighted by Gasteiger charge is -2.54. The van der Waals surface area contributed by atoms with E-state index in [1.54, 1.807) is 0 Å². The van der Waals surface area contributed by atoms with Crippen molar-refractivity contribution in [1.29, 1.82) is 0 Å². The van der Waals surface area contributed by atoms with Crippen LogP contribution in [0.3, 0.4) is 0 Å². The zero-order valence-corrected chi connectivity index (χ0v) is 22.1. The fourth-order valence-electron chi connectivity index (χ4n) is 8.23. The summed E-state index contributed by atoms with van der Waals surface area (Å²) in [7, 11) is 0. The third-order valence-electron chi connectivity index (χ3n) is 10.5. The topological polar surface area (TPSA) is 43.4 Å². The maximum Gasteiger partial charge on any atom is 0.302 e. The summed E-state index contributed by atoms with van der Waals surface area (Å²) in [4.78, 5) is 25.4. The van der Waals surface area contributed by atoms with Gasteiger partial charge in [-0.3, -0.25) is 9.59 Å². The average Bonchev–Trinajstić information content (AvgIpc) is 3.07. The Bertz CT molecular complexity index is 851. The van der Waals surface area contributed by atoms with Crippen LogP contribution in [-0.2, 0) is 14.3 Å². The summed E-state index contributed by atoms with van der Waals surface area (Å²) in [6.07, 6.45) is 13.1. The van der Waals surface area contributed by atoms with E-state index >= 15 is 0 Å². The van der Waals surface area contributed by atoms with Crippen molar-refractivity contribution in [1.82, 2.24) is 0 Å². The summed E-state index contributed by atoms with van der Waals surface area (Å²) in [5, 5.41) is 0. The molecule has 0 saturated heterocycles. The maximum atomic E-state index is 13.9. The highest BCUT2D eigenvalue weighted by atomic mass is 16.5. The lowest BCUT2D eigenvalue weighted by atomic mass is 9.50. The van der Waals surface area contributed by atoms with Crippen LogP contribution >= 0.6 is 0 Å². The van der Waals surface area contributed by atoms with Crippen LogP contribution in [0.2, 0.25) is 0 Å². The second-order valence-electron chi connectivity index (χ2n) is 12.7. The highest BCUT2D eigenvalue weighted by Crippen LogP contribution is 2.65. The lowest BCUT2D eigenvalue weighted by molar-refractivity contribution is -0.151. The number of rotatable bonds is 5. The normalized spacial score (nSPS) is 40.4. The predicted octanol–water partition coefficient (Wildman–Crippen LogP) is 7.30. The summed E-state index contributed by atoms with van der Waals surface area (Å²) in [5.74, 6) is 3.64. The van der Waals surface area contributed by atoms with E-state index < -0.39 is 0 Å². The average molecular weight is 455 g/mol. The number of ether oxygens (including phenoxy) is 1. The first-order chi connectivity index (χ1) is 15.5. The minimum atomic E-state index is -0.174. The Balaban J connectivity index is 1.58. The van der Waals surface area contributed by atoms with E-state index in [1.807, 2.05) is 0 Å². The number of hydrogen-bond acceptors (Lipinski definition) is 3. The van der Waals surface area contributed by atoms with Gasteiger partial charge in [0.1, 0.15) is 6.10 Å². The van der Waals surface area contributed by atoms with Gasteiger partial charge in [0.2, 0.25) is 0 Å². The molecule has 2 saturated carbocycles. The Morgan fingerprint density at radius 2 is 1.79 bits per heavy atom. The molecule has 0 radical (unpaired) electrons. The van der Waals surface area contributed by atoms with Crippen molar-refractivity contribution < 1.29 is 14.3 Å². The molecular formula is C30H46O3. The van der Waals surface area contributed by atoms with E-state index in [0.717, 1.165) is 38.5 Å². The third kappa shape index (κ3) is 4.27. The van der Waals surface area contributed by atoms with Crippen LogP contribution in [0.15, 0.2) is 23.3 Å². The van der Waals surface area contributed by atoms with Crippen LogP contribution in [0.25, 0.3) is 0 Å². The van der Waals surface area contributed by atoms with Gasteiger partial charge in [-0.05, 0) is 91.3 Å². The van der Waals surface area contributed by atoms with Crippen LogP contribution in [0.1, 0.15) is 99.8 Å². The molecule has 3 heteroatoms. The zero-order valence-electron chi connectivity index (χ0n) is 22.1. The van der Waals surface area contributed by atoms with Gasteiger partial charge in [0.25, 0.3) is 0 Å². The lowest BCUT2D eigenvalue weighted by Crippen LogP contribution is -2.49. The Morgan fingerprint density at radius 1 is 1.06 bits per heavy atom. The van der Waals surface area contributed by atoms with E-state index in [1.165, 1.54) is 30.9 Å². The van der Waals surface area contributed by atoms with Gasteiger partial charge in [-0.1, -0.05) is 59.3 Å². The summed E-state index contributed by atoms with van der Waals surface area (Å²) in [5.41, 5.74) is 2.80. The number of carbonyl (C=O) groups is 2. The van der Waals surface area contributed by atoms with Crippen molar-refractivity contribution in [2.45, 2.75) is 106 Å². The molecule has 0 heterocycles. The number of allylic oxidation sites excluding steroid dienone is 4. The molecule has 0 aliphatic heterocycles. The van der Waals surface area contributed by atoms with Gasteiger partial charge in [-0.2, -0.15) is 0 Å². The Kier molecular flexibility index (Phi) is 6.75. The summed E-state index contributed by atoms with van der Waals surface area (Å²) in [6, 6.07) is 0. The fourth-order valence-corrected chi connectivity index (χ4v) is 8.23. The standard InChI is InChI=1S/C30H46O3/c1-18(2)19(3)8-9-20(4)25-12-13-26-24-11-10-22-16-23(33-21(5)31)14-15-29(22,6)28(24)27(32)17-30(25,26)7/h8-9,18-20,22-23,25-26H,10-17H2,1-7H3/b9-8+. The van der Waals surface area contributed by atoms with Gasteiger partial charge in [0.15, 0.2) is 5.78 Å². The van der Waals surface area contributed by atoms with Gasteiger partial charge >= 0.3 is 5.97 Å². The molecule has 8 atom stereocenters. The zero-order chi connectivity index (χ0) is 24.1. The molecule has 8 unspecified atom stereocenters. The molecule has 33 heavy (non-hydrogen) atoms. The number of fused-ring (bicyclic) bond motifs is 4. The van der Waals surface area contributed by atoms with Gasteiger partial charge in [-0.25, -0.2) is 0 Å². The van der Waals surface area contributed by atoms with E-state index in [2.05, 4.69) is 53.7 Å². The molecule has 0 aromatic carbocycles. The largest absolute Gasteiger partial charge is 0.463 e. The van der Waals surface area contributed by atoms with E-state index in [0.29, 0.717) is 41.3 Å². The summed E-state index contributed by atoms with van der Waals surface area (Å²) in [6.45, 7) is 15.6. The van der Waals surface area contributed by atoms with Gasteiger partial charge < -0.3 is 4.74 Å². The summed E-state index contributed by atoms with van der Waals surface area (Å²) < 4.78 is 5.58. The first-order valence-corrected chi connectivity index (χ1v) is 13.6. The molecule has 184 valence electrons. The molecular weight excluding hydrogens is 408 g/mol. The number of hydrogen-bond donors (Lipinski definition) is 0. The quantitative estimate of drug-likeness (QED) is 0.323. The first kappa shape index (κ1) is 24.7. The van der Waals surface area contributed by atoms with Gasteiger partial charge in [0, 0.05) is 18.9 Å². The molecule has 0 amide bonds. The third-order valence-corrected chi connectivity index (χ3v) is 10.5. The van der Waals surface area contributed by atoms with E-state index in [4.69, 9.17) is 4.74 Å². The van der Waals surface area contributed by atoms with Gasteiger partial charge in [-0.15, -0.1) is 0 Å². The molecule has 0 aromatic rings. The van der Waals surface area contributed by atoms with E-state index in [-0.39, 0.29) is 22.9 Å². The molecule has 0 N–H and O–H groups in total. The SMILES string of the molecule is CC(=O)OC1CCC2(C)C3=C(CCC2C1)C1CCC(C(C)/C=C/C(C)C(C)C)C1(C)CC3=O. The molecule has 0 spiro atoms. The molecule has 2 fully saturated rings. The van der Waals surface area contributed by atoms with Gasteiger partial charge in [0.05, 0.1) is 0 Å². The Hall–Kier alpha value is -1.38. The highest BCUT2D eigenvalue weighted by Gasteiger charge is 2.58. The minimum absolute atomic E-state index is 0.0288. The second kappa shape index (κ2) is 9.00. The van der Waals surface area contributed by atoms with Crippen LogP contribution in [0.5, 0.6) is 0 Å². The minimum Gasteiger partial charge on any atom is -0.463 e. The molecule has 4 aliphatic rings. The Morgan fingerprint density at radius 3 is 2.45 bits per heavy atom. The van der Waals surface area contributed by atoms with Crippen LogP contribution in [0, 0.1) is 46.3 Å². The molecule has 4 aliphatic carbocycles. The number of ketones is 1. The predicted molar refractivity (Wildman–Crippen MR) is 134 cm³/mol. The first-order valence-electron chi connectivity index (χ1n) is 13.6. The van der Waals surface area contributed by atoms with Crippen molar-refractivity contribution in [2.24, 2.45) is 46.3 Å². The summed E-state index contributed by atoms with van der Waals surface area (Å²) >= 11 is 0. The van der Waals surface area contributed by atoms with Crippen LogP contribution in [0.4, 0.5) is 0 Å². The second-order valence-corrected chi connectivity index (χ2v) is 12.7. The van der Waals surface area contributed by atoms with Crippen LogP contribution < -0.4 is 0 Å². The highest BCUT2D eigenvalue weighted by molar-refractivity contribution is 5.99.